The molecule has 0 amide bonds. The van der Waals surface area contributed by atoms with Crippen LogP contribution in [0.5, 0.6) is 0 Å². The standard InChI is InChI=1S/C18H14F7N3/c1-10-6-11(2-4-14(10)26)9-28-15-5-3-13(7-12(15)8-27-28)16(19,17(20,21)22)18(23,24)25/h2-8H,9,26H2,1H3. The fraction of sp³-hybridized carbons (Fsp3) is 0.278. The molecule has 150 valence electrons. The maximum absolute atomic E-state index is 14.2. The van der Waals surface area contributed by atoms with Gasteiger partial charge < -0.3 is 5.73 Å². The van der Waals surface area contributed by atoms with Crippen LogP contribution in [0.1, 0.15) is 16.7 Å². The fourth-order valence-electron chi connectivity index (χ4n) is 2.92. The number of rotatable bonds is 3. The molecular weight excluding hydrogens is 391 g/mol. The lowest BCUT2D eigenvalue weighted by molar-refractivity contribution is -0.348. The molecule has 3 rings (SSSR count). The second-order valence-corrected chi connectivity index (χ2v) is 6.42. The van der Waals surface area contributed by atoms with Crippen molar-refractivity contribution in [2.45, 2.75) is 31.5 Å². The molecule has 0 bridgehead atoms. The van der Waals surface area contributed by atoms with E-state index in [1.807, 2.05) is 0 Å². The van der Waals surface area contributed by atoms with Gasteiger partial charge in [-0.2, -0.15) is 31.4 Å². The summed E-state index contributed by atoms with van der Waals surface area (Å²) < 4.78 is 93.1. The molecule has 0 unspecified atom stereocenters. The van der Waals surface area contributed by atoms with E-state index in [9.17, 15) is 30.7 Å². The summed E-state index contributed by atoms with van der Waals surface area (Å²) in [4.78, 5) is 0. The second kappa shape index (κ2) is 6.39. The van der Waals surface area contributed by atoms with Crippen molar-refractivity contribution in [3.8, 4) is 0 Å². The summed E-state index contributed by atoms with van der Waals surface area (Å²) in [6.45, 7) is 2.00. The number of halogens is 7. The molecule has 2 aromatic carbocycles. The monoisotopic (exact) mass is 405 g/mol. The number of fused-ring (bicyclic) bond motifs is 1. The fourth-order valence-corrected chi connectivity index (χ4v) is 2.92. The van der Waals surface area contributed by atoms with Gasteiger partial charge in [0.05, 0.1) is 18.3 Å². The highest BCUT2D eigenvalue weighted by atomic mass is 19.4. The molecule has 0 atom stereocenters. The predicted octanol–water partition coefficient (Wildman–Crippen LogP) is 5.26. The molecule has 28 heavy (non-hydrogen) atoms. The van der Waals surface area contributed by atoms with E-state index in [0.29, 0.717) is 17.8 Å². The number of alkyl halides is 7. The lowest BCUT2D eigenvalue weighted by Gasteiger charge is -2.30. The number of nitrogens with zero attached hydrogens (tertiary/aromatic N) is 2. The first kappa shape index (κ1) is 20.0. The van der Waals surface area contributed by atoms with Crippen molar-refractivity contribution < 1.29 is 30.7 Å². The number of aryl methyl sites for hydroxylation is 1. The summed E-state index contributed by atoms with van der Waals surface area (Å²) in [5.41, 5.74) is 1.18. The Balaban J connectivity index is 2.03. The van der Waals surface area contributed by atoms with Gasteiger partial charge in [0, 0.05) is 16.6 Å². The van der Waals surface area contributed by atoms with Crippen molar-refractivity contribution in [2.24, 2.45) is 0 Å². The van der Waals surface area contributed by atoms with Crippen LogP contribution in [0.2, 0.25) is 0 Å². The molecule has 0 fully saturated rings. The van der Waals surface area contributed by atoms with E-state index in [4.69, 9.17) is 5.73 Å². The van der Waals surface area contributed by atoms with Crippen molar-refractivity contribution in [1.29, 1.82) is 0 Å². The summed E-state index contributed by atoms with van der Waals surface area (Å²) in [5.74, 6) is 0. The van der Waals surface area contributed by atoms with E-state index in [1.54, 1.807) is 25.1 Å². The van der Waals surface area contributed by atoms with Crippen molar-refractivity contribution in [1.82, 2.24) is 9.78 Å². The highest BCUT2D eigenvalue weighted by Gasteiger charge is 2.73. The third kappa shape index (κ3) is 3.16. The first-order valence-electron chi connectivity index (χ1n) is 7.98. The van der Waals surface area contributed by atoms with Crippen LogP contribution in [0.4, 0.5) is 36.4 Å². The maximum atomic E-state index is 14.2. The number of benzene rings is 2. The lowest BCUT2D eigenvalue weighted by atomic mass is 9.93. The number of aromatic nitrogens is 2. The van der Waals surface area contributed by atoms with Gasteiger partial charge in [0.25, 0.3) is 0 Å². The molecule has 10 heteroatoms. The zero-order valence-corrected chi connectivity index (χ0v) is 14.4. The summed E-state index contributed by atoms with van der Waals surface area (Å²) in [5, 5.41) is 3.95. The van der Waals surface area contributed by atoms with E-state index in [1.165, 1.54) is 4.68 Å². The van der Waals surface area contributed by atoms with Gasteiger partial charge in [-0.1, -0.05) is 18.2 Å². The van der Waals surface area contributed by atoms with Gasteiger partial charge in [0.1, 0.15) is 0 Å². The minimum atomic E-state index is -6.16. The van der Waals surface area contributed by atoms with Crippen molar-refractivity contribution in [3.63, 3.8) is 0 Å². The van der Waals surface area contributed by atoms with E-state index >= 15 is 0 Å². The van der Waals surface area contributed by atoms with E-state index < -0.39 is 23.6 Å². The van der Waals surface area contributed by atoms with E-state index in [0.717, 1.165) is 23.4 Å². The highest BCUT2D eigenvalue weighted by Crippen LogP contribution is 2.53. The number of hydrogen-bond acceptors (Lipinski definition) is 2. The Hall–Kier alpha value is -2.78. The Morgan fingerprint density at radius 2 is 1.57 bits per heavy atom. The van der Waals surface area contributed by atoms with Gasteiger partial charge in [-0.3, -0.25) is 4.68 Å². The Labute approximate surface area is 154 Å². The van der Waals surface area contributed by atoms with E-state index in [2.05, 4.69) is 5.10 Å². The van der Waals surface area contributed by atoms with Crippen molar-refractivity contribution in [2.75, 3.05) is 5.73 Å². The molecule has 0 aliphatic rings. The second-order valence-electron chi connectivity index (χ2n) is 6.42. The normalized spacial score (nSPS) is 13.3. The van der Waals surface area contributed by atoms with Gasteiger partial charge >= 0.3 is 18.0 Å². The number of nitrogens with two attached hydrogens (primary N) is 1. The quantitative estimate of drug-likeness (QED) is 0.477. The zero-order valence-electron chi connectivity index (χ0n) is 14.4. The number of hydrogen-bond donors (Lipinski definition) is 1. The van der Waals surface area contributed by atoms with Crippen LogP contribution in [-0.4, -0.2) is 22.1 Å². The highest BCUT2D eigenvalue weighted by molar-refractivity contribution is 5.79. The summed E-state index contributed by atoms with van der Waals surface area (Å²) >= 11 is 0. The SMILES string of the molecule is Cc1cc(Cn2ncc3cc(C(F)(C(F)(F)F)C(F)(F)F)ccc32)ccc1N. The third-order valence-electron chi connectivity index (χ3n) is 4.49. The van der Waals surface area contributed by atoms with Crippen LogP contribution >= 0.6 is 0 Å². The van der Waals surface area contributed by atoms with Crippen molar-refractivity contribution >= 4 is 16.6 Å². The number of anilines is 1. The molecule has 0 radical (unpaired) electrons. The van der Waals surface area contributed by atoms with E-state index in [-0.39, 0.29) is 17.4 Å². The molecule has 3 aromatic rings. The minimum absolute atomic E-state index is 0.0415. The summed E-state index contributed by atoms with van der Waals surface area (Å²) in [7, 11) is 0. The van der Waals surface area contributed by atoms with Crippen LogP contribution < -0.4 is 5.73 Å². The molecule has 0 saturated carbocycles. The van der Waals surface area contributed by atoms with Crippen LogP contribution in [0, 0.1) is 6.92 Å². The maximum Gasteiger partial charge on any atom is 0.435 e. The Bertz CT molecular complexity index is 1000. The molecular formula is C18H14F7N3. The van der Waals surface area contributed by atoms with Crippen LogP contribution in [0.15, 0.2) is 42.6 Å². The zero-order chi connectivity index (χ0) is 20.9. The topological polar surface area (TPSA) is 43.8 Å². The first-order valence-corrected chi connectivity index (χ1v) is 7.98. The molecule has 0 saturated heterocycles. The minimum Gasteiger partial charge on any atom is -0.399 e. The van der Waals surface area contributed by atoms with Gasteiger partial charge in [-0.25, -0.2) is 4.39 Å². The predicted molar refractivity (Wildman–Crippen MR) is 89.3 cm³/mol. The molecule has 0 aliphatic carbocycles. The molecule has 0 spiro atoms. The molecule has 3 nitrogen and oxygen atoms in total. The van der Waals surface area contributed by atoms with Gasteiger partial charge in [0.15, 0.2) is 0 Å². The first-order chi connectivity index (χ1) is 12.8. The molecule has 1 heterocycles. The largest absolute Gasteiger partial charge is 0.435 e. The van der Waals surface area contributed by atoms with Gasteiger partial charge in [-0.15, -0.1) is 0 Å². The molecule has 0 aliphatic heterocycles. The van der Waals surface area contributed by atoms with Crippen LogP contribution in [0.25, 0.3) is 10.9 Å². The lowest BCUT2D eigenvalue weighted by Crippen LogP contribution is -2.50. The van der Waals surface area contributed by atoms with Gasteiger partial charge in [0.2, 0.25) is 0 Å². The number of nitrogen functional groups attached to an aromatic ring is 1. The van der Waals surface area contributed by atoms with Crippen LogP contribution in [-0.2, 0) is 12.2 Å². The average Bonchev–Trinajstić information content (AvgIpc) is 2.97. The average molecular weight is 405 g/mol. The summed E-state index contributed by atoms with van der Waals surface area (Å²) in [6.07, 6.45) is -11.2. The molecule has 2 N–H and O–H groups in total. The molecule has 1 aromatic heterocycles. The summed E-state index contributed by atoms with van der Waals surface area (Å²) in [6, 6.07) is 7.19. The Kier molecular flexibility index (Phi) is 4.55. The third-order valence-corrected chi connectivity index (χ3v) is 4.49. The van der Waals surface area contributed by atoms with Gasteiger partial charge in [-0.05, 0) is 36.2 Å². The smallest absolute Gasteiger partial charge is 0.399 e. The Morgan fingerprint density at radius 3 is 2.14 bits per heavy atom. The van der Waals surface area contributed by atoms with Crippen molar-refractivity contribution in [3.05, 3.63) is 59.3 Å². The Morgan fingerprint density at radius 1 is 0.929 bits per heavy atom. The van der Waals surface area contributed by atoms with Crippen LogP contribution in [0.3, 0.4) is 0 Å².